The van der Waals surface area contributed by atoms with Gasteiger partial charge < -0.3 is 0 Å². The van der Waals surface area contributed by atoms with Gasteiger partial charge in [0, 0.05) is 0 Å². The molecule has 1 heteroatoms. The molecule has 0 saturated carbocycles. The Morgan fingerprint density at radius 3 is 2.20 bits per heavy atom. The fourth-order valence-electron chi connectivity index (χ4n) is 0.318. The van der Waals surface area contributed by atoms with Crippen LogP contribution in [0.1, 0.15) is 34.1 Å². The smallest absolute Gasteiger partial charge is 0.0866 e. The van der Waals surface area contributed by atoms with E-state index in [0.29, 0.717) is 6.33 Å². The van der Waals surface area contributed by atoms with Crippen LogP contribution in [0.25, 0.3) is 0 Å². The summed E-state index contributed by atoms with van der Waals surface area (Å²) in [6, 6.07) is 0. The maximum absolute atomic E-state index is 11.3. The molecule has 0 amide bonds. The molecular formula is C9H17F. The third-order valence-electron chi connectivity index (χ3n) is 1.01. The van der Waals surface area contributed by atoms with Crippen molar-refractivity contribution in [1.82, 2.24) is 0 Å². The zero-order valence-electron chi connectivity index (χ0n) is 7.32. The molecule has 0 rings (SSSR count). The highest BCUT2D eigenvalue weighted by Crippen LogP contribution is 1.96. The molecule has 0 spiro atoms. The number of hydrogen-bond acceptors (Lipinski definition) is 0. The maximum Gasteiger partial charge on any atom is 0.0866 e. The number of halogens is 1. The lowest BCUT2D eigenvalue weighted by Gasteiger charge is -1.86. The van der Waals surface area contributed by atoms with Crippen LogP contribution in [-0.4, -0.2) is 0 Å². The van der Waals surface area contributed by atoms with E-state index in [1.165, 1.54) is 11.6 Å². The van der Waals surface area contributed by atoms with E-state index in [2.05, 4.69) is 0 Å². The third-order valence-corrected chi connectivity index (χ3v) is 1.01. The number of hydrogen-bond donors (Lipinski definition) is 0. The average Bonchev–Trinajstić information content (AvgIpc) is 2.04. The van der Waals surface area contributed by atoms with Crippen molar-refractivity contribution < 1.29 is 4.39 Å². The van der Waals surface area contributed by atoms with Gasteiger partial charge in [0.25, 0.3) is 0 Å². The van der Waals surface area contributed by atoms with E-state index < -0.39 is 0 Å². The van der Waals surface area contributed by atoms with Crippen LogP contribution in [0.5, 0.6) is 0 Å². The van der Waals surface area contributed by atoms with Crippen LogP contribution in [0, 0.1) is 0 Å². The Bertz CT molecular complexity index is 101. The normalized spacial score (nSPS) is 11.1. The SMILES string of the molecule is CC.CC/C(C)=C\C=C\F. The molecule has 0 aliphatic heterocycles. The van der Waals surface area contributed by atoms with E-state index in [9.17, 15) is 4.39 Å². The van der Waals surface area contributed by atoms with E-state index in [4.69, 9.17) is 0 Å². The molecule has 0 aromatic rings. The van der Waals surface area contributed by atoms with E-state index >= 15 is 0 Å². The second-order valence-electron chi connectivity index (χ2n) is 1.69. The number of rotatable bonds is 2. The van der Waals surface area contributed by atoms with Crippen molar-refractivity contribution in [3.63, 3.8) is 0 Å². The highest BCUT2D eigenvalue weighted by molar-refractivity contribution is 5.07. The van der Waals surface area contributed by atoms with Crippen molar-refractivity contribution in [3.05, 3.63) is 24.1 Å². The summed E-state index contributed by atoms with van der Waals surface area (Å²) >= 11 is 0. The van der Waals surface area contributed by atoms with E-state index in [0.717, 1.165) is 6.42 Å². The summed E-state index contributed by atoms with van der Waals surface area (Å²) in [6.07, 6.45) is 4.70. The second-order valence-corrected chi connectivity index (χ2v) is 1.69. The first-order valence-corrected chi connectivity index (χ1v) is 3.73. The van der Waals surface area contributed by atoms with E-state index in [-0.39, 0.29) is 0 Å². The van der Waals surface area contributed by atoms with Crippen molar-refractivity contribution in [3.8, 4) is 0 Å². The van der Waals surface area contributed by atoms with Crippen LogP contribution in [0.15, 0.2) is 24.1 Å². The Kier molecular flexibility index (Phi) is 13.6. The fraction of sp³-hybridized carbons (Fsp3) is 0.556. The Morgan fingerprint density at radius 1 is 1.40 bits per heavy atom. The molecule has 0 nitrogen and oxygen atoms in total. The molecule has 0 fully saturated rings. The molecule has 10 heavy (non-hydrogen) atoms. The minimum atomic E-state index is 0.541. The lowest BCUT2D eigenvalue weighted by atomic mass is 10.2. The Balaban J connectivity index is 0. The molecule has 0 saturated heterocycles. The largest absolute Gasteiger partial charge is 0.216 e. The zero-order valence-corrected chi connectivity index (χ0v) is 7.32. The van der Waals surface area contributed by atoms with Crippen LogP contribution < -0.4 is 0 Å². The molecular weight excluding hydrogens is 127 g/mol. The predicted octanol–water partition coefficient (Wildman–Crippen LogP) is 3.85. The van der Waals surface area contributed by atoms with Gasteiger partial charge in [-0.15, -0.1) is 0 Å². The highest BCUT2D eigenvalue weighted by Gasteiger charge is 1.76. The molecule has 0 unspecified atom stereocenters. The van der Waals surface area contributed by atoms with Gasteiger partial charge in [-0.3, -0.25) is 0 Å². The molecule has 0 aromatic carbocycles. The molecule has 0 bridgehead atoms. The van der Waals surface area contributed by atoms with Gasteiger partial charge in [-0.05, 0) is 19.4 Å². The molecule has 0 heterocycles. The lowest BCUT2D eigenvalue weighted by molar-refractivity contribution is 0.721. The van der Waals surface area contributed by atoms with Gasteiger partial charge in [-0.1, -0.05) is 32.4 Å². The van der Waals surface area contributed by atoms with Crippen LogP contribution in [0.3, 0.4) is 0 Å². The van der Waals surface area contributed by atoms with Crippen LogP contribution in [0.4, 0.5) is 4.39 Å². The quantitative estimate of drug-likeness (QED) is 0.516. The monoisotopic (exact) mass is 144 g/mol. The summed E-state index contributed by atoms with van der Waals surface area (Å²) in [6.45, 7) is 8.01. The maximum atomic E-state index is 11.3. The minimum absolute atomic E-state index is 0.541. The Labute approximate surface area is 63.5 Å². The molecule has 0 aliphatic rings. The minimum Gasteiger partial charge on any atom is -0.216 e. The zero-order chi connectivity index (χ0) is 8.41. The standard InChI is InChI=1S/C7H11F.C2H6/c1-3-7(2)5-4-6-8;1-2/h4-6H,3H2,1-2H3;1-2H3/b6-4+,7-5-;. The Hall–Kier alpha value is -0.590. The topological polar surface area (TPSA) is 0 Å². The van der Waals surface area contributed by atoms with Crippen LogP contribution >= 0.6 is 0 Å². The highest BCUT2D eigenvalue weighted by atomic mass is 19.1. The van der Waals surface area contributed by atoms with Crippen molar-refractivity contribution >= 4 is 0 Å². The summed E-state index contributed by atoms with van der Waals surface area (Å²) in [7, 11) is 0. The van der Waals surface area contributed by atoms with E-state index in [1.807, 2.05) is 27.7 Å². The van der Waals surface area contributed by atoms with Gasteiger partial charge in [0.1, 0.15) is 0 Å². The average molecular weight is 144 g/mol. The van der Waals surface area contributed by atoms with Crippen molar-refractivity contribution in [2.24, 2.45) is 0 Å². The van der Waals surface area contributed by atoms with Gasteiger partial charge in [0.15, 0.2) is 0 Å². The summed E-state index contributed by atoms with van der Waals surface area (Å²) in [5.74, 6) is 0. The summed E-state index contributed by atoms with van der Waals surface area (Å²) in [4.78, 5) is 0. The van der Waals surface area contributed by atoms with Crippen molar-refractivity contribution in [2.45, 2.75) is 34.1 Å². The molecule has 0 N–H and O–H groups in total. The van der Waals surface area contributed by atoms with Crippen molar-refractivity contribution in [2.75, 3.05) is 0 Å². The molecule has 0 radical (unpaired) electrons. The fourth-order valence-corrected chi connectivity index (χ4v) is 0.318. The summed E-state index contributed by atoms with van der Waals surface area (Å²) in [5.41, 5.74) is 1.19. The van der Waals surface area contributed by atoms with Crippen molar-refractivity contribution in [1.29, 1.82) is 0 Å². The molecule has 0 aromatic heterocycles. The van der Waals surface area contributed by atoms with Gasteiger partial charge in [-0.2, -0.15) is 0 Å². The van der Waals surface area contributed by atoms with Gasteiger partial charge >= 0.3 is 0 Å². The first-order valence-electron chi connectivity index (χ1n) is 3.73. The predicted molar refractivity (Wildman–Crippen MR) is 45.6 cm³/mol. The van der Waals surface area contributed by atoms with Gasteiger partial charge in [0.2, 0.25) is 0 Å². The molecule has 0 aliphatic carbocycles. The van der Waals surface area contributed by atoms with Crippen LogP contribution in [-0.2, 0) is 0 Å². The van der Waals surface area contributed by atoms with Gasteiger partial charge in [-0.25, -0.2) is 4.39 Å². The molecule has 60 valence electrons. The number of allylic oxidation sites excluding steroid dienone is 3. The lowest BCUT2D eigenvalue weighted by Crippen LogP contribution is -1.65. The molecule has 0 atom stereocenters. The second kappa shape index (κ2) is 11.2. The summed E-state index contributed by atoms with van der Waals surface area (Å²) < 4.78 is 11.3. The third kappa shape index (κ3) is 10.4. The first kappa shape index (κ1) is 12.1. The first-order chi connectivity index (χ1) is 4.81. The van der Waals surface area contributed by atoms with Crippen LogP contribution in [0.2, 0.25) is 0 Å². The summed E-state index contributed by atoms with van der Waals surface area (Å²) in [5, 5.41) is 0. The van der Waals surface area contributed by atoms with E-state index in [1.54, 1.807) is 6.08 Å². The Morgan fingerprint density at radius 2 is 1.90 bits per heavy atom. The van der Waals surface area contributed by atoms with Gasteiger partial charge in [0.05, 0.1) is 6.33 Å².